The van der Waals surface area contributed by atoms with Crippen molar-refractivity contribution in [1.82, 2.24) is 5.32 Å². The highest BCUT2D eigenvalue weighted by atomic mass is 32.1. The average Bonchev–Trinajstić information content (AvgIpc) is 3.07. The van der Waals surface area contributed by atoms with Crippen LogP contribution in [-0.4, -0.2) is 13.5 Å². The minimum Gasteiger partial charge on any atom is -0.484 e. The molecule has 2 nitrogen and oxygen atoms in total. The van der Waals surface area contributed by atoms with Crippen LogP contribution in [0.5, 0.6) is 5.75 Å². The molecule has 0 fully saturated rings. The Morgan fingerprint density at radius 3 is 2.90 bits per heavy atom. The molecule has 0 amide bonds. The fourth-order valence-electron chi connectivity index (χ4n) is 2.39. The first-order valence-electron chi connectivity index (χ1n) is 8.46. The molecule has 0 saturated heterocycles. The maximum atomic E-state index is 7.26. The number of benzene rings is 2. The predicted molar refractivity (Wildman–Crippen MR) is 90.2 cm³/mol. The zero-order chi connectivity index (χ0) is 17.0. The Morgan fingerprint density at radius 2 is 2.05 bits per heavy atom. The first kappa shape index (κ1) is 10.8. The summed E-state index contributed by atoms with van der Waals surface area (Å²) in [6.45, 7) is -1.76. The van der Waals surface area contributed by atoms with E-state index in [0.29, 0.717) is 13.0 Å². The minimum atomic E-state index is -2.13. The lowest BCUT2D eigenvalue weighted by atomic mass is 10.1. The van der Waals surface area contributed by atoms with Crippen molar-refractivity contribution in [3.63, 3.8) is 0 Å². The predicted octanol–water partition coefficient (Wildman–Crippen LogP) is 4.63. The molecular weight excluding hydrogens is 279 g/mol. The van der Waals surface area contributed by atoms with Gasteiger partial charge in [-0.3, -0.25) is 0 Å². The first-order chi connectivity index (χ1) is 11.5. The fraction of sp³-hybridized carbons (Fsp3) is 0.222. The van der Waals surface area contributed by atoms with Crippen LogP contribution >= 0.6 is 11.3 Å². The van der Waals surface area contributed by atoms with Gasteiger partial charge in [-0.2, -0.15) is 0 Å². The quantitative estimate of drug-likeness (QED) is 0.670. The van der Waals surface area contributed by atoms with Crippen molar-refractivity contribution in [2.45, 2.75) is 12.5 Å². The van der Waals surface area contributed by atoms with Gasteiger partial charge in [0.1, 0.15) is 11.9 Å². The molecule has 1 heterocycles. The third-order valence-electron chi connectivity index (χ3n) is 3.41. The molecule has 0 spiro atoms. The summed E-state index contributed by atoms with van der Waals surface area (Å²) in [5.41, 5.74) is 0. The highest BCUT2D eigenvalue weighted by molar-refractivity contribution is 7.10. The summed E-state index contributed by atoms with van der Waals surface area (Å²) in [5, 5.41) is 6.75. The smallest absolute Gasteiger partial charge is 0.134 e. The molecule has 1 aromatic heterocycles. The molecule has 3 aromatic rings. The molecule has 0 unspecified atom stereocenters. The summed E-state index contributed by atoms with van der Waals surface area (Å²) in [6.07, 6.45) is 0.410. The lowest BCUT2D eigenvalue weighted by molar-refractivity contribution is 0.201. The molecule has 108 valence electrons. The molecule has 1 atom stereocenters. The molecule has 0 saturated carbocycles. The fourth-order valence-corrected chi connectivity index (χ4v) is 3.18. The van der Waals surface area contributed by atoms with Crippen LogP contribution in [0.4, 0.5) is 0 Å². The Kier molecular flexibility index (Phi) is 3.48. The van der Waals surface area contributed by atoms with Gasteiger partial charge in [-0.05, 0) is 36.4 Å². The second-order valence-electron chi connectivity index (χ2n) is 4.81. The summed E-state index contributed by atoms with van der Waals surface area (Å²) in [7, 11) is 0. The SMILES string of the molecule is [2H][13C]([2H])([2H])NCC[C@H](Oc1cccc2ccccc12)c1cccs1. The molecule has 0 aliphatic heterocycles. The van der Waals surface area contributed by atoms with E-state index in [0.717, 1.165) is 21.4 Å². The van der Waals surface area contributed by atoms with Crippen molar-refractivity contribution in [3.05, 3.63) is 64.9 Å². The number of fused-ring (bicyclic) bond motifs is 1. The molecular formula is C18H19NOS. The van der Waals surface area contributed by atoms with Crippen LogP contribution < -0.4 is 10.1 Å². The van der Waals surface area contributed by atoms with E-state index in [2.05, 4.69) is 17.4 Å². The van der Waals surface area contributed by atoms with Crippen molar-refractivity contribution in [3.8, 4) is 5.75 Å². The third-order valence-corrected chi connectivity index (χ3v) is 4.38. The van der Waals surface area contributed by atoms with Crippen molar-refractivity contribution < 1.29 is 8.85 Å². The van der Waals surface area contributed by atoms with Gasteiger partial charge in [0, 0.05) is 20.8 Å². The number of ether oxygens (including phenoxy) is 1. The monoisotopic (exact) mass is 301 g/mol. The molecule has 21 heavy (non-hydrogen) atoms. The second-order valence-corrected chi connectivity index (χ2v) is 5.79. The van der Waals surface area contributed by atoms with Gasteiger partial charge in [-0.25, -0.2) is 0 Å². The number of rotatable bonds is 6. The second kappa shape index (κ2) is 6.74. The van der Waals surface area contributed by atoms with Crippen molar-refractivity contribution >= 4 is 22.1 Å². The van der Waals surface area contributed by atoms with Gasteiger partial charge in [-0.15, -0.1) is 11.3 Å². The van der Waals surface area contributed by atoms with Crippen LogP contribution in [0.1, 0.15) is 21.5 Å². The lowest BCUT2D eigenvalue weighted by Gasteiger charge is -2.19. The standard InChI is InChI=1S/C18H19NOS/c1-19-12-11-17(18-10-5-13-21-18)20-16-9-4-7-14-6-2-3-8-15(14)16/h2-10,13,17,19H,11-12H2,1H3/t17-/m0/s1/i1+1D3. The van der Waals surface area contributed by atoms with Crippen molar-refractivity contribution in [1.29, 1.82) is 0 Å². The first-order valence-corrected chi connectivity index (χ1v) is 7.84. The van der Waals surface area contributed by atoms with E-state index in [1.807, 2.05) is 47.8 Å². The van der Waals surface area contributed by atoms with Gasteiger partial charge in [-0.1, -0.05) is 42.5 Å². The Labute approximate surface area is 133 Å². The van der Waals surface area contributed by atoms with E-state index in [9.17, 15) is 0 Å². The lowest BCUT2D eigenvalue weighted by Crippen LogP contribution is -2.15. The Bertz CT molecular complexity index is 781. The van der Waals surface area contributed by atoms with E-state index in [1.165, 1.54) is 0 Å². The van der Waals surface area contributed by atoms with E-state index < -0.39 is 6.98 Å². The van der Waals surface area contributed by atoms with Crippen LogP contribution in [0.15, 0.2) is 60.0 Å². The molecule has 3 heteroatoms. The number of hydrogen-bond donors (Lipinski definition) is 1. The maximum absolute atomic E-state index is 7.26. The van der Waals surface area contributed by atoms with Crippen LogP contribution in [0, 0.1) is 0 Å². The number of thiophene rings is 1. The molecule has 0 bridgehead atoms. The van der Waals surface area contributed by atoms with Crippen LogP contribution in [0.25, 0.3) is 10.8 Å². The number of hydrogen-bond acceptors (Lipinski definition) is 3. The summed E-state index contributed by atoms with van der Waals surface area (Å²) in [5.74, 6) is 0.820. The summed E-state index contributed by atoms with van der Waals surface area (Å²) < 4.78 is 28.1. The molecule has 0 aliphatic carbocycles. The van der Waals surface area contributed by atoms with Crippen LogP contribution in [0.3, 0.4) is 0 Å². The normalized spacial score (nSPS) is 15.1. The van der Waals surface area contributed by atoms with Crippen LogP contribution in [-0.2, 0) is 0 Å². The molecule has 0 radical (unpaired) electrons. The van der Waals surface area contributed by atoms with Gasteiger partial charge in [0.25, 0.3) is 0 Å². The molecule has 0 aliphatic rings. The zero-order valence-electron chi connectivity index (χ0n) is 14.6. The average molecular weight is 301 g/mol. The maximum Gasteiger partial charge on any atom is 0.134 e. The van der Waals surface area contributed by atoms with Crippen LogP contribution in [0.2, 0.25) is 0 Å². The van der Waals surface area contributed by atoms with Crippen molar-refractivity contribution in [2.75, 3.05) is 13.5 Å². The Balaban J connectivity index is 1.81. The molecule has 2 aromatic carbocycles. The third kappa shape index (κ3) is 3.26. The topological polar surface area (TPSA) is 21.3 Å². The minimum absolute atomic E-state index is 0.175. The zero-order valence-corrected chi connectivity index (χ0v) is 12.4. The van der Waals surface area contributed by atoms with E-state index in [1.54, 1.807) is 11.3 Å². The molecule has 1 N–H and O–H groups in total. The van der Waals surface area contributed by atoms with Crippen molar-refractivity contribution in [2.24, 2.45) is 0 Å². The van der Waals surface area contributed by atoms with E-state index in [4.69, 9.17) is 8.85 Å². The Hall–Kier alpha value is -1.84. The Morgan fingerprint density at radius 1 is 1.14 bits per heavy atom. The summed E-state index contributed by atoms with van der Waals surface area (Å²) in [6, 6.07) is 18.1. The summed E-state index contributed by atoms with van der Waals surface area (Å²) >= 11 is 1.62. The van der Waals surface area contributed by atoms with Gasteiger partial charge in [0.2, 0.25) is 0 Å². The number of nitrogens with one attached hydrogen (secondary N) is 1. The van der Waals surface area contributed by atoms with Gasteiger partial charge >= 0.3 is 0 Å². The van der Waals surface area contributed by atoms with Gasteiger partial charge in [0.05, 0.1) is 0 Å². The van der Waals surface area contributed by atoms with E-state index in [-0.39, 0.29) is 6.10 Å². The van der Waals surface area contributed by atoms with Gasteiger partial charge in [0.15, 0.2) is 0 Å². The molecule has 3 rings (SSSR count). The summed E-state index contributed by atoms with van der Waals surface area (Å²) in [4.78, 5) is 1.09. The largest absolute Gasteiger partial charge is 0.484 e. The van der Waals surface area contributed by atoms with E-state index >= 15 is 0 Å². The highest BCUT2D eigenvalue weighted by Gasteiger charge is 2.15. The highest BCUT2D eigenvalue weighted by Crippen LogP contribution is 2.32. The van der Waals surface area contributed by atoms with Gasteiger partial charge < -0.3 is 10.1 Å².